The molecule has 2 aliphatic rings. The van der Waals surface area contributed by atoms with Crippen molar-refractivity contribution in [1.29, 1.82) is 5.26 Å². The van der Waals surface area contributed by atoms with E-state index < -0.39 is 5.92 Å². The lowest BCUT2D eigenvalue weighted by atomic mass is 9.68. The summed E-state index contributed by atoms with van der Waals surface area (Å²) >= 11 is 19.5. The van der Waals surface area contributed by atoms with Crippen LogP contribution in [0.15, 0.2) is 59.1 Å². The number of halogens is 3. The van der Waals surface area contributed by atoms with E-state index in [1.54, 1.807) is 25.3 Å². The predicted octanol–water partition coefficient (Wildman–Crippen LogP) is 6.61. The number of hydrogen-bond acceptors (Lipinski definition) is 6. The van der Waals surface area contributed by atoms with Gasteiger partial charge in [-0.1, -0.05) is 66.8 Å². The molecule has 1 heterocycles. The molecule has 0 fully saturated rings. The predicted molar refractivity (Wildman–Crippen MR) is 145 cm³/mol. The molecule has 6 nitrogen and oxygen atoms in total. The van der Waals surface area contributed by atoms with Crippen LogP contribution >= 0.6 is 34.8 Å². The Morgan fingerprint density at radius 2 is 1.81 bits per heavy atom. The number of carbonyl (C=O) groups excluding carboxylic acids is 1. The van der Waals surface area contributed by atoms with Gasteiger partial charge in [0.15, 0.2) is 11.5 Å². The first-order valence-electron chi connectivity index (χ1n) is 11.9. The molecule has 0 radical (unpaired) electrons. The Balaban J connectivity index is 1.78. The van der Waals surface area contributed by atoms with Crippen molar-refractivity contribution in [2.24, 2.45) is 11.1 Å². The fourth-order valence-electron chi connectivity index (χ4n) is 5.00. The van der Waals surface area contributed by atoms with Crippen LogP contribution in [0.3, 0.4) is 0 Å². The lowest BCUT2D eigenvalue weighted by molar-refractivity contribution is -0.118. The molecular weight excluding hydrogens is 533 g/mol. The van der Waals surface area contributed by atoms with Crippen LogP contribution in [-0.4, -0.2) is 30.9 Å². The third-order valence-corrected chi connectivity index (χ3v) is 7.62. The molecule has 0 saturated carbocycles. The molecule has 1 aliphatic carbocycles. The number of ketones is 1. The van der Waals surface area contributed by atoms with Crippen LogP contribution in [0.4, 0.5) is 0 Å². The number of rotatable bonds is 7. The number of nitrogens with zero attached hydrogens (tertiary/aromatic N) is 2. The largest absolute Gasteiger partial charge is 0.486 e. The van der Waals surface area contributed by atoms with E-state index in [2.05, 4.69) is 19.9 Å². The highest BCUT2D eigenvalue weighted by atomic mass is 35.5. The summed E-state index contributed by atoms with van der Waals surface area (Å²) < 4.78 is 11.2. The second-order valence-corrected chi connectivity index (χ2v) is 11.2. The monoisotopic (exact) mass is 559 g/mol. The van der Waals surface area contributed by atoms with Crippen LogP contribution in [0.1, 0.15) is 43.7 Å². The van der Waals surface area contributed by atoms with Gasteiger partial charge in [0.1, 0.15) is 12.4 Å². The Hall–Kier alpha value is -2.69. The summed E-state index contributed by atoms with van der Waals surface area (Å²) in [5, 5.41) is 11.3. The number of ether oxygens (including phenoxy) is 2. The highest BCUT2D eigenvalue weighted by Crippen LogP contribution is 2.50. The second-order valence-electron chi connectivity index (χ2n) is 9.98. The molecule has 1 aliphatic heterocycles. The zero-order valence-electron chi connectivity index (χ0n) is 20.9. The first-order chi connectivity index (χ1) is 17.6. The quantitative estimate of drug-likeness (QED) is 0.410. The number of allylic oxidation sites excluding steroid dienone is 3. The molecule has 0 saturated heterocycles. The van der Waals surface area contributed by atoms with E-state index in [-0.39, 0.29) is 33.4 Å². The van der Waals surface area contributed by atoms with E-state index in [9.17, 15) is 10.1 Å². The van der Waals surface area contributed by atoms with E-state index in [1.807, 2.05) is 23.1 Å². The van der Waals surface area contributed by atoms with Crippen LogP contribution in [0.25, 0.3) is 0 Å². The van der Waals surface area contributed by atoms with Gasteiger partial charge >= 0.3 is 0 Å². The molecule has 2 aromatic rings. The molecule has 37 heavy (non-hydrogen) atoms. The maximum Gasteiger partial charge on any atom is 0.162 e. The van der Waals surface area contributed by atoms with Crippen molar-refractivity contribution in [3.8, 4) is 11.8 Å². The number of nitrogens with two attached hydrogens (primary N) is 1. The van der Waals surface area contributed by atoms with Gasteiger partial charge in [0, 0.05) is 41.9 Å². The first kappa shape index (κ1) is 27.3. The minimum Gasteiger partial charge on any atom is -0.486 e. The number of hydrogen-bond donors (Lipinski definition) is 1. The molecule has 4 rings (SSSR count). The molecule has 194 valence electrons. The molecule has 0 spiro atoms. The number of nitriles is 1. The second kappa shape index (κ2) is 11.0. The van der Waals surface area contributed by atoms with Gasteiger partial charge in [-0.3, -0.25) is 4.79 Å². The van der Waals surface area contributed by atoms with E-state index in [0.717, 1.165) is 11.3 Å². The van der Waals surface area contributed by atoms with Crippen molar-refractivity contribution in [2.75, 3.05) is 20.3 Å². The van der Waals surface area contributed by atoms with Crippen molar-refractivity contribution in [3.05, 3.63) is 85.3 Å². The Morgan fingerprint density at radius 1 is 1.14 bits per heavy atom. The smallest absolute Gasteiger partial charge is 0.162 e. The molecule has 0 bridgehead atoms. The molecule has 9 heteroatoms. The summed E-state index contributed by atoms with van der Waals surface area (Å²) in [6.45, 7) is 5.10. The fraction of sp³-hybridized carbons (Fsp3) is 0.357. The van der Waals surface area contributed by atoms with Gasteiger partial charge in [0.05, 0.1) is 34.2 Å². The maximum absolute atomic E-state index is 13.6. The van der Waals surface area contributed by atoms with E-state index in [0.29, 0.717) is 53.7 Å². The number of benzene rings is 2. The zero-order chi connectivity index (χ0) is 26.9. The lowest BCUT2D eigenvalue weighted by Crippen LogP contribution is -2.43. The number of methoxy groups -OCH3 is 1. The van der Waals surface area contributed by atoms with Crippen LogP contribution in [0.5, 0.6) is 5.75 Å². The van der Waals surface area contributed by atoms with Crippen LogP contribution in [0.2, 0.25) is 15.1 Å². The van der Waals surface area contributed by atoms with Gasteiger partial charge in [-0.25, -0.2) is 0 Å². The summed E-state index contributed by atoms with van der Waals surface area (Å²) in [6, 6.07) is 13.0. The van der Waals surface area contributed by atoms with Gasteiger partial charge in [-0.05, 0) is 35.6 Å². The van der Waals surface area contributed by atoms with Gasteiger partial charge in [-0.15, -0.1) is 0 Å². The molecule has 0 aromatic heterocycles. The third-order valence-electron chi connectivity index (χ3n) is 6.69. The number of Topliss-reactive ketones (excluding diaryl/α,β-unsaturated/α-hetero) is 1. The molecular formula is C28H28Cl3N3O3. The molecule has 1 atom stereocenters. The molecule has 0 amide bonds. The van der Waals surface area contributed by atoms with Crippen LogP contribution in [-0.2, 0) is 16.1 Å². The van der Waals surface area contributed by atoms with Gasteiger partial charge in [0.25, 0.3) is 0 Å². The van der Waals surface area contributed by atoms with E-state index in [4.69, 9.17) is 50.0 Å². The summed E-state index contributed by atoms with van der Waals surface area (Å²) in [5.41, 5.74) is 9.34. The van der Waals surface area contributed by atoms with Crippen molar-refractivity contribution in [2.45, 2.75) is 39.2 Å². The van der Waals surface area contributed by atoms with Crippen molar-refractivity contribution in [1.82, 2.24) is 4.90 Å². The highest BCUT2D eigenvalue weighted by molar-refractivity contribution is 6.37. The Morgan fingerprint density at radius 3 is 2.43 bits per heavy atom. The summed E-state index contributed by atoms with van der Waals surface area (Å²) in [4.78, 5) is 15.4. The average molecular weight is 561 g/mol. The Kier molecular flexibility index (Phi) is 8.11. The molecule has 0 unspecified atom stereocenters. The summed E-state index contributed by atoms with van der Waals surface area (Å²) in [7, 11) is 1.60. The van der Waals surface area contributed by atoms with E-state index in [1.165, 1.54) is 0 Å². The Labute approximate surface area is 232 Å². The highest BCUT2D eigenvalue weighted by Gasteiger charge is 2.44. The molecule has 2 N–H and O–H groups in total. The topological polar surface area (TPSA) is 88.6 Å². The Bertz CT molecular complexity index is 1320. The van der Waals surface area contributed by atoms with Crippen LogP contribution < -0.4 is 10.5 Å². The van der Waals surface area contributed by atoms with Crippen molar-refractivity contribution >= 4 is 40.6 Å². The minimum absolute atomic E-state index is 0.0230. The lowest BCUT2D eigenvalue weighted by Gasteiger charge is -2.43. The van der Waals surface area contributed by atoms with Crippen LogP contribution in [0, 0.1) is 16.7 Å². The van der Waals surface area contributed by atoms with Gasteiger partial charge in [0.2, 0.25) is 0 Å². The molecule has 2 aromatic carbocycles. The fourth-order valence-corrected chi connectivity index (χ4v) is 5.80. The van der Waals surface area contributed by atoms with Crippen molar-refractivity contribution in [3.63, 3.8) is 0 Å². The summed E-state index contributed by atoms with van der Waals surface area (Å²) in [5.74, 6) is -0.106. The van der Waals surface area contributed by atoms with Gasteiger partial charge in [-0.2, -0.15) is 5.26 Å². The standard InChI is InChI=1S/C28H28Cl3N3O3/c1-28(2)12-22-25(23(35)13-28)24(18(14-32)27(33)34(22)8-9-36-3)17-10-20(30)26(21(31)11-17)37-15-16-6-4-5-7-19(16)29/h4-7,10-11,24H,8-9,12-13,15,33H2,1-3H3/t24-/m1/s1. The average Bonchev–Trinajstić information content (AvgIpc) is 2.82. The first-order valence-corrected chi connectivity index (χ1v) is 13.0. The van der Waals surface area contributed by atoms with E-state index >= 15 is 0 Å². The zero-order valence-corrected chi connectivity index (χ0v) is 23.2. The summed E-state index contributed by atoms with van der Waals surface area (Å²) in [6.07, 6.45) is 0.994. The normalized spacial score (nSPS) is 19.1. The SMILES string of the molecule is COCCN1C(N)=C(C#N)[C@@H](c2cc(Cl)c(OCc3ccccc3Cl)c(Cl)c2)C2=C1CC(C)(C)CC2=O. The van der Waals surface area contributed by atoms with Crippen molar-refractivity contribution < 1.29 is 14.3 Å². The third kappa shape index (κ3) is 5.46. The number of carbonyl (C=O) groups is 1. The maximum atomic E-state index is 13.6. The van der Waals surface area contributed by atoms with Gasteiger partial charge < -0.3 is 20.1 Å². The minimum atomic E-state index is -0.685.